The van der Waals surface area contributed by atoms with Crippen LogP contribution in [0.25, 0.3) is 0 Å². The summed E-state index contributed by atoms with van der Waals surface area (Å²) in [5.41, 5.74) is 5.00. The first-order valence-electron chi connectivity index (χ1n) is 7.04. The van der Waals surface area contributed by atoms with Gasteiger partial charge in [0.15, 0.2) is 0 Å². The highest BCUT2D eigenvalue weighted by molar-refractivity contribution is 5.83. The van der Waals surface area contributed by atoms with E-state index in [2.05, 4.69) is 5.32 Å². The van der Waals surface area contributed by atoms with E-state index >= 15 is 0 Å². The molecule has 7 nitrogen and oxygen atoms in total. The van der Waals surface area contributed by atoms with Crippen LogP contribution in [0, 0.1) is 0 Å². The Labute approximate surface area is 118 Å². The number of hydrogen-bond acceptors (Lipinski definition) is 3. The number of carbonyl (C=O) groups is 3. The van der Waals surface area contributed by atoms with Crippen molar-refractivity contribution in [1.29, 1.82) is 0 Å². The van der Waals surface area contributed by atoms with E-state index in [1.165, 1.54) is 0 Å². The number of hydrogen-bond donors (Lipinski definition) is 3. The summed E-state index contributed by atoms with van der Waals surface area (Å²) in [6.45, 7) is 2.67. The molecule has 7 heteroatoms. The molecule has 1 aliphatic rings. The quantitative estimate of drug-likeness (QED) is 0.578. The summed E-state index contributed by atoms with van der Waals surface area (Å²) in [5.74, 6) is -1.72. The molecular weight excluding hydrogens is 262 g/mol. The van der Waals surface area contributed by atoms with Crippen molar-refractivity contribution in [1.82, 2.24) is 10.2 Å². The van der Waals surface area contributed by atoms with E-state index in [0.29, 0.717) is 6.54 Å². The maximum Gasteiger partial charge on any atom is 0.326 e. The average molecular weight is 285 g/mol. The van der Waals surface area contributed by atoms with Crippen LogP contribution < -0.4 is 11.1 Å². The molecule has 0 spiro atoms. The van der Waals surface area contributed by atoms with Crippen molar-refractivity contribution in [3.8, 4) is 0 Å². The Morgan fingerprint density at radius 1 is 1.40 bits per heavy atom. The van der Waals surface area contributed by atoms with Crippen molar-refractivity contribution in [2.45, 2.75) is 57.5 Å². The van der Waals surface area contributed by atoms with Crippen LogP contribution >= 0.6 is 0 Å². The molecule has 114 valence electrons. The molecule has 20 heavy (non-hydrogen) atoms. The van der Waals surface area contributed by atoms with E-state index in [1.807, 2.05) is 6.92 Å². The van der Waals surface area contributed by atoms with Gasteiger partial charge >= 0.3 is 12.0 Å². The van der Waals surface area contributed by atoms with Crippen LogP contribution in [0.5, 0.6) is 0 Å². The van der Waals surface area contributed by atoms with Gasteiger partial charge in [0.05, 0.1) is 0 Å². The van der Waals surface area contributed by atoms with Gasteiger partial charge in [-0.25, -0.2) is 9.59 Å². The van der Waals surface area contributed by atoms with Gasteiger partial charge < -0.3 is 21.1 Å². The lowest BCUT2D eigenvalue weighted by Crippen LogP contribution is -2.49. The minimum Gasteiger partial charge on any atom is -0.480 e. The topological polar surface area (TPSA) is 113 Å². The van der Waals surface area contributed by atoms with Crippen molar-refractivity contribution in [3.05, 3.63) is 0 Å². The van der Waals surface area contributed by atoms with Gasteiger partial charge in [0.25, 0.3) is 0 Å². The third-order valence-corrected chi connectivity index (χ3v) is 3.28. The van der Waals surface area contributed by atoms with Gasteiger partial charge in [0.1, 0.15) is 6.04 Å². The van der Waals surface area contributed by atoms with Gasteiger partial charge in [-0.2, -0.15) is 0 Å². The van der Waals surface area contributed by atoms with E-state index in [-0.39, 0.29) is 24.9 Å². The summed E-state index contributed by atoms with van der Waals surface area (Å²) in [5, 5.41) is 11.5. The number of nitrogens with zero attached hydrogens (tertiary/aromatic N) is 1. The Morgan fingerprint density at radius 2 is 2.05 bits per heavy atom. The number of nitrogens with two attached hydrogens (primary N) is 1. The van der Waals surface area contributed by atoms with Gasteiger partial charge in [-0.1, -0.05) is 13.3 Å². The molecule has 1 saturated carbocycles. The molecule has 1 fully saturated rings. The number of urea groups is 1. The molecule has 0 aromatic carbocycles. The second-order valence-electron chi connectivity index (χ2n) is 5.12. The lowest BCUT2D eigenvalue weighted by atomic mass is 10.1. The van der Waals surface area contributed by atoms with Crippen molar-refractivity contribution in [3.63, 3.8) is 0 Å². The molecule has 0 bridgehead atoms. The zero-order valence-corrected chi connectivity index (χ0v) is 11.8. The van der Waals surface area contributed by atoms with E-state index in [9.17, 15) is 14.4 Å². The number of aliphatic carboxylic acids is 1. The second kappa shape index (κ2) is 7.72. The van der Waals surface area contributed by atoms with Gasteiger partial charge in [0, 0.05) is 19.0 Å². The van der Waals surface area contributed by atoms with E-state index in [1.54, 1.807) is 4.90 Å². The molecule has 1 rings (SSSR count). The molecule has 1 atom stereocenters. The summed E-state index contributed by atoms with van der Waals surface area (Å²) in [7, 11) is 0. The zero-order valence-electron chi connectivity index (χ0n) is 11.8. The Morgan fingerprint density at radius 3 is 2.50 bits per heavy atom. The highest BCUT2D eigenvalue weighted by atomic mass is 16.4. The third kappa shape index (κ3) is 5.46. The maximum atomic E-state index is 12.1. The van der Waals surface area contributed by atoms with Crippen LogP contribution in [0.2, 0.25) is 0 Å². The molecule has 0 heterocycles. The number of carboxylic acids is 1. The number of unbranched alkanes of at least 4 members (excludes halogenated alkanes) is 1. The van der Waals surface area contributed by atoms with Gasteiger partial charge in [-0.05, 0) is 25.7 Å². The smallest absolute Gasteiger partial charge is 0.326 e. The van der Waals surface area contributed by atoms with Crippen molar-refractivity contribution >= 4 is 17.9 Å². The normalized spacial score (nSPS) is 15.4. The first-order valence-corrected chi connectivity index (χ1v) is 7.04. The van der Waals surface area contributed by atoms with Gasteiger partial charge in [-0.15, -0.1) is 0 Å². The average Bonchev–Trinajstić information content (AvgIpc) is 3.18. The predicted octanol–water partition coefficient (Wildman–Crippen LogP) is 0.679. The first-order chi connectivity index (χ1) is 9.45. The van der Waals surface area contributed by atoms with Crippen molar-refractivity contribution in [2.24, 2.45) is 5.73 Å². The molecule has 0 saturated heterocycles. The fraction of sp³-hybridized carbons (Fsp3) is 0.769. The number of nitrogens with one attached hydrogen (secondary N) is 1. The number of amides is 3. The Balaban J connectivity index is 2.53. The van der Waals surface area contributed by atoms with Crippen LogP contribution in [0.3, 0.4) is 0 Å². The predicted molar refractivity (Wildman–Crippen MR) is 73.0 cm³/mol. The van der Waals surface area contributed by atoms with E-state index < -0.39 is 17.9 Å². The number of primary amides is 1. The molecule has 3 amide bonds. The lowest BCUT2D eigenvalue weighted by Gasteiger charge is -2.25. The number of carbonyl (C=O) groups excluding carboxylic acids is 2. The maximum absolute atomic E-state index is 12.1. The highest BCUT2D eigenvalue weighted by Gasteiger charge is 2.33. The SMILES string of the molecule is CCCCN(C(=O)NC(CCC(N)=O)C(=O)O)C1CC1. The molecule has 0 aromatic heterocycles. The summed E-state index contributed by atoms with van der Waals surface area (Å²) >= 11 is 0. The van der Waals surface area contributed by atoms with Gasteiger partial charge in [0.2, 0.25) is 5.91 Å². The largest absolute Gasteiger partial charge is 0.480 e. The van der Waals surface area contributed by atoms with E-state index in [4.69, 9.17) is 10.8 Å². The summed E-state index contributed by atoms with van der Waals surface area (Å²) in [6.07, 6.45) is 3.76. The highest BCUT2D eigenvalue weighted by Crippen LogP contribution is 2.27. The molecule has 0 radical (unpaired) electrons. The minimum absolute atomic E-state index is 0.0166. The molecule has 1 unspecified atom stereocenters. The molecular formula is C13H23N3O4. The Bertz CT molecular complexity index is 369. The summed E-state index contributed by atoms with van der Waals surface area (Å²) in [6, 6.07) is -1.21. The van der Waals surface area contributed by atoms with Gasteiger partial charge in [-0.3, -0.25) is 4.79 Å². The zero-order chi connectivity index (χ0) is 15.1. The molecule has 0 aliphatic heterocycles. The van der Waals surface area contributed by atoms with E-state index in [0.717, 1.165) is 25.7 Å². The van der Waals surface area contributed by atoms with Crippen LogP contribution in [-0.2, 0) is 9.59 Å². The summed E-state index contributed by atoms with van der Waals surface area (Å²) in [4.78, 5) is 35.6. The van der Waals surface area contributed by atoms with Crippen LogP contribution in [0.15, 0.2) is 0 Å². The summed E-state index contributed by atoms with van der Waals surface area (Å²) < 4.78 is 0. The standard InChI is InChI=1S/C13H23N3O4/c1-2-3-8-16(9-4-5-9)13(20)15-10(12(18)19)6-7-11(14)17/h9-10H,2-8H2,1H3,(H2,14,17)(H,15,20)(H,18,19). The van der Waals surface area contributed by atoms with Crippen LogP contribution in [-0.4, -0.2) is 46.5 Å². The van der Waals surface area contributed by atoms with Crippen LogP contribution in [0.1, 0.15) is 45.4 Å². The fourth-order valence-corrected chi connectivity index (χ4v) is 1.94. The lowest BCUT2D eigenvalue weighted by molar-refractivity contribution is -0.139. The fourth-order valence-electron chi connectivity index (χ4n) is 1.94. The Kier molecular flexibility index (Phi) is 6.27. The number of rotatable bonds is 9. The van der Waals surface area contributed by atoms with Crippen molar-refractivity contribution < 1.29 is 19.5 Å². The third-order valence-electron chi connectivity index (χ3n) is 3.28. The first kappa shape index (κ1) is 16.3. The second-order valence-corrected chi connectivity index (χ2v) is 5.12. The van der Waals surface area contributed by atoms with Crippen molar-refractivity contribution in [2.75, 3.05) is 6.54 Å². The number of carboxylic acid groups (broad SMARTS) is 1. The minimum atomic E-state index is -1.15. The monoisotopic (exact) mass is 285 g/mol. The Hall–Kier alpha value is -1.79. The van der Waals surface area contributed by atoms with Crippen LogP contribution in [0.4, 0.5) is 4.79 Å². The molecule has 0 aromatic rings. The molecule has 4 N–H and O–H groups in total. The molecule has 1 aliphatic carbocycles.